The van der Waals surface area contributed by atoms with Crippen LogP contribution < -0.4 is 4.18 Å². The van der Waals surface area contributed by atoms with Crippen molar-refractivity contribution in [3.05, 3.63) is 88.9 Å². The number of nitrogens with zero attached hydrogens (tertiary/aromatic N) is 1. The first-order valence-corrected chi connectivity index (χ1v) is 9.62. The first-order valence-electron chi connectivity index (χ1n) is 7.84. The molecule has 0 N–H and O–H groups in total. The van der Waals surface area contributed by atoms with Gasteiger partial charge in [0.25, 0.3) is 0 Å². The van der Waals surface area contributed by atoms with Gasteiger partial charge in [0.15, 0.2) is 5.75 Å². The standard InChI is InChI=1S/C20H16ClNO3S/c1-15-7-10-19(11-8-15)26(23,24)25-20-12-9-17(21)13-16(20)14-22-18-5-3-2-4-6-18/h2-14H,1H3. The molecule has 3 aromatic rings. The van der Waals surface area contributed by atoms with E-state index in [-0.39, 0.29) is 10.6 Å². The van der Waals surface area contributed by atoms with Crippen molar-refractivity contribution in [3.63, 3.8) is 0 Å². The molecule has 6 heteroatoms. The number of rotatable bonds is 5. The highest BCUT2D eigenvalue weighted by Gasteiger charge is 2.18. The molecular formula is C20H16ClNO3S. The second kappa shape index (κ2) is 7.72. The van der Waals surface area contributed by atoms with E-state index in [1.165, 1.54) is 24.4 Å². The average Bonchev–Trinajstić information content (AvgIpc) is 2.63. The predicted molar refractivity (Wildman–Crippen MR) is 104 cm³/mol. The Balaban J connectivity index is 1.93. The number of benzene rings is 3. The Bertz CT molecular complexity index is 1030. The van der Waals surface area contributed by atoms with Gasteiger partial charge in [-0.3, -0.25) is 4.99 Å². The average molecular weight is 386 g/mol. The van der Waals surface area contributed by atoms with E-state index < -0.39 is 10.1 Å². The molecule has 0 saturated heterocycles. The number of aliphatic imine (C=N–C) groups is 1. The van der Waals surface area contributed by atoms with Crippen LogP contribution in [0, 0.1) is 6.92 Å². The van der Waals surface area contributed by atoms with Gasteiger partial charge in [-0.2, -0.15) is 8.42 Å². The van der Waals surface area contributed by atoms with Crippen molar-refractivity contribution in [2.45, 2.75) is 11.8 Å². The van der Waals surface area contributed by atoms with Crippen LogP contribution in [0.3, 0.4) is 0 Å². The molecule has 4 nitrogen and oxygen atoms in total. The number of para-hydroxylation sites is 1. The van der Waals surface area contributed by atoms with Crippen LogP contribution in [0.2, 0.25) is 5.02 Å². The molecule has 132 valence electrons. The third-order valence-electron chi connectivity index (χ3n) is 3.59. The fraction of sp³-hybridized carbons (Fsp3) is 0.0500. The van der Waals surface area contributed by atoms with Crippen molar-refractivity contribution in [2.75, 3.05) is 0 Å². The molecule has 0 aliphatic heterocycles. The second-order valence-electron chi connectivity index (χ2n) is 5.63. The highest BCUT2D eigenvalue weighted by atomic mass is 35.5. The monoisotopic (exact) mass is 385 g/mol. The summed E-state index contributed by atoms with van der Waals surface area (Å²) in [6, 6.07) is 20.4. The maximum Gasteiger partial charge on any atom is 0.339 e. The molecule has 0 bridgehead atoms. The van der Waals surface area contributed by atoms with Crippen molar-refractivity contribution in [1.82, 2.24) is 0 Å². The molecule has 0 radical (unpaired) electrons. The number of hydrogen-bond acceptors (Lipinski definition) is 4. The summed E-state index contributed by atoms with van der Waals surface area (Å²) in [4.78, 5) is 4.42. The zero-order valence-corrected chi connectivity index (χ0v) is 15.5. The lowest BCUT2D eigenvalue weighted by atomic mass is 10.2. The van der Waals surface area contributed by atoms with Gasteiger partial charge in [0.1, 0.15) is 4.90 Å². The van der Waals surface area contributed by atoms with Gasteiger partial charge in [0.2, 0.25) is 0 Å². The molecule has 0 amide bonds. The third-order valence-corrected chi connectivity index (χ3v) is 5.07. The van der Waals surface area contributed by atoms with Crippen LogP contribution in [0.15, 0.2) is 82.7 Å². The minimum atomic E-state index is -3.95. The van der Waals surface area contributed by atoms with Gasteiger partial charge < -0.3 is 4.18 Å². The molecule has 0 aliphatic rings. The van der Waals surface area contributed by atoms with Crippen molar-refractivity contribution >= 4 is 33.6 Å². The molecular weight excluding hydrogens is 370 g/mol. The van der Waals surface area contributed by atoms with Crippen LogP contribution in [0.1, 0.15) is 11.1 Å². The maximum absolute atomic E-state index is 12.5. The molecule has 0 heterocycles. The predicted octanol–water partition coefficient (Wildman–Crippen LogP) is 5.17. The van der Waals surface area contributed by atoms with Gasteiger partial charge in [0.05, 0.1) is 5.69 Å². The molecule has 0 unspecified atom stereocenters. The van der Waals surface area contributed by atoms with Gasteiger partial charge in [-0.1, -0.05) is 47.5 Å². The normalized spacial score (nSPS) is 11.6. The van der Waals surface area contributed by atoms with E-state index in [2.05, 4.69) is 4.99 Å². The van der Waals surface area contributed by atoms with Crippen molar-refractivity contribution < 1.29 is 12.6 Å². The molecule has 3 rings (SSSR count). The smallest absolute Gasteiger partial charge is 0.339 e. The van der Waals surface area contributed by atoms with Crippen LogP contribution >= 0.6 is 11.6 Å². The topological polar surface area (TPSA) is 55.7 Å². The summed E-state index contributed by atoms with van der Waals surface area (Å²) < 4.78 is 30.4. The van der Waals surface area contributed by atoms with E-state index in [1.54, 1.807) is 24.3 Å². The minimum Gasteiger partial charge on any atom is -0.378 e. The number of hydrogen-bond donors (Lipinski definition) is 0. The molecule has 0 fully saturated rings. The van der Waals surface area contributed by atoms with E-state index in [4.69, 9.17) is 15.8 Å². The SMILES string of the molecule is Cc1ccc(S(=O)(=O)Oc2ccc(Cl)cc2C=Nc2ccccc2)cc1. The lowest BCUT2D eigenvalue weighted by Crippen LogP contribution is -2.11. The Kier molecular flexibility index (Phi) is 5.40. The number of aryl methyl sites for hydroxylation is 1. The van der Waals surface area contributed by atoms with Crippen molar-refractivity contribution in [2.24, 2.45) is 4.99 Å². The molecule has 26 heavy (non-hydrogen) atoms. The zero-order chi connectivity index (χ0) is 18.6. The maximum atomic E-state index is 12.5. The van der Waals surface area contributed by atoms with Crippen LogP contribution in [0.4, 0.5) is 5.69 Å². The van der Waals surface area contributed by atoms with Crippen molar-refractivity contribution in [1.29, 1.82) is 0 Å². The Morgan fingerprint density at radius 1 is 0.962 bits per heavy atom. The van der Waals surface area contributed by atoms with E-state index >= 15 is 0 Å². The molecule has 0 aromatic heterocycles. The molecule has 3 aromatic carbocycles. The lowest BCUT2D eigenvalue weighted by molar-refractivity contribution is 0.485. The largest absolute Gasteiger partial charge is 0.378 e. The quantitative estimate of drug-likeness (QED) is 0.450. The van der Waals surface area contributed by atoms with Crippen LogP contribution in [0.5, 0.6) is 5.75 Å². The van der Waals surface area contributed by atoms with Gasteiger partial charge in [-0.25, -0.2) is 0 Å². The van der Waals surface area contributed by atoms with E-state index in [1.807, 2.05) is 37.3 Å². The van der Waals surface area contributed by atoms with Crippen LogP contribution in [-0.2, 0) is 10.1 Å². The van der Waals surface area contributed by atoms with Gasteiger partial charge >= 0.3 is 10.1 Å². The summed E-state index contributed by atoms with van der Waals surface area (Å²) in [6.07, 6.45) is 1.53. The van der Waals surface area contributed by atoms with Crippen molar-refractivity contribution in [3.8, 4) is 5.75 Å². The molecule has 0 atom stereocenters. The second-order valence-corrected chi connectivity index (χ2v) is 7.61. The minimum absolute atomic E-state index is 0.0870. The van der Waals surface area contributed by atoms with Crippen LogP contribution in [0.25, 0.3) is 0 Å². The van der Waals surface area contributed by atoms with Gasteiger partial charge in [-0.15, -0.1) is 0 Å². The van der Waals surface area contributed by atoms with E-state index in [0.717, 1.165) is 11.3 Å². The summed E-state index contributed by atoms with van der Waals surface area (Å²) in [5.74, 6) is 0.162. The fourth-order valence-electron chi connectivity index (χ4n) is 2.23. The summed E-state index contributed by atoms with van der Waals surface area (Å²) in [5.41, 5.74) is 2.17. The summed E-state index contributed by atoms with van der Waals surface area (Å²) >= 11 is 6.04. The number of halogens is 1. The zero-order valence-electron chi connectivity index (χ0n) is 14.0. The Morgan fingerprint density at radius 2 is 1.65 bits per heavy atom. The Morgan fingerprint density at radius 3 is 2.35 bits per heavy atom. The Hall–Kier alpha value is -2.63. The Labute approximate surface area is 157 Å². The van der Waals surface area contributed by atoms with Gasteiger partial charge in [0, 0.05) is 16.8 Å². The summed E-state index contributed by atoms with van der Waals surface area (Å²) in [7, 11) is -3.95. The lowest BCUT2D eigenvalue weighted by Gasteiger charge is -2.10. The molecule has 0 spiro atoms. The van der Waals surface area contributed by atoms with Crippen LogP contribution in [-0.4, -0.2) is 14.6 Å². The first kappa shape index (κ1) is 18.2. The molecule has 0 saturated carbocycles. The van der Waals surface area contributed by atoms with E-state index in [9.17, 15) is 8.42 Å². The molecule has 0 aliphatic carbocycles. The van der Waals surface area contributed by atoms with Gasteiger partial charge in [-0.05, 0) is 49.4 Å². The first-order chi connectivity index (χ1) is 12.4. The highest BCUT2D eigenvalue weighted by Crippen LogP contribution is 2.26. The highest BCUT2D eigenvalue weighted by molar-refractivity contribution is 7.87. The summed E-state index contributed by atoms with van der Waals surface area (Å²) in [5, 5.41) is 0.458. The third kappa shape index (κ3) is 4.50. The summed E-state index contributed by atoms with van der Waals surface area (Å²) in [6.45, 7) is 1.88. The van der Waals surface area contributed by atoms with E-state index in [0.29, 0.717) is 10.6 Å². The fourth-order valence-corrected chi connectivity index (χ4v) is 3.36.